The predicted octanol–water partition coefficient (Wildman–Crippen LogP) is 3.68. The standard InChI is InChI=1S/C22H25N3O4/c1-4-13-29-18-12-11-16(14-19(18)28-5-2)15-23-25-20(26)22(3,24-21(25)27)17-9-7-6-8-10-17/h6-12,14-15H,4-5,13H2,1-3H3,(H,24,27)/b23-15-/t22-/m1/s1. The van der Waals surface area contributed by atoms with E-state index in [2.05, 4.69) is 10.4 Å². The van der Waals surface area contributed by atoms with Gasteiger partial charge < -0.3 is 14.8 Å². The fourth-order valence-corrected chi connectivity index (χ4v) is 3.03. The second-order valence-corrected chi connectivity index (χ2v) is 6.77. The largest absolute Gasteiger partial charge is 0.490 e. The third kappa shape index (κ3) is 4.23. The summed E-state index contributed by atoms with van der Waals surface area (Å²) in [5, 5.41) is 7.70. The molecule has 3 amide bonds. The Morgan fingerprint density at radius 3 is 2.52 bits per heavy atom. The highest BCUT2D eigenvalue weighted by Crippen LogP contribution is 2.30. The lowest BCUT2D eigenvalue weighted by Gasteiger charge is -2.20. The zero-order chi connectivity index (χ0) is 20.9. The number of carbonyl (C=O) groups is 2. The molecule has 3 rings (SSSR count). The van der Waals surface area contributed by atoms with Gasteiger partial charge in [0.15, 0.2) is 11.5 Å². The van der Waals surface area contributed by atoms with Gasteiger partial charge in [0.1, 0.15) is 5.54 Å². The normalized spacial score (nSPS) is 18.9. The molecule has 0 saturated carbocycles. The molecule has 0 aromatic heterocycles. The van der Waals surface area contributed by atoms with E-state index in [1.165, 1.54) is 6.21 Å². The fraction of sp³-hybridized carbons (Fsp3) is 0.318. The second-order valence-electron chi connectivity index (χ2n) is 6.77. The van der Waals surface area contributed by atoms with E-state index in [9.17, 15) is 9.59 Å². The van der Waals surface area contributed by atoms with Gasteiger partial charge in [0, 0.05) is 0 Å². The molecule has 1 aliphatic rings. The first-order chi connectivity index (χ1) is 14.0. The van der Waals surface area contributed by atoms with Crippen LogP contribution < -0.4 is 14.8 Å². The van der Waals surface area contributed by atoms with Gasteiger partial charge in [-0.25, -0.2) is 4.79 Å². The number of ether oxygens (including phenoxy) is 2. The fourth-order valence-electron chi connectivity index (χ4n) is 3.03. The van der Waals surface area contributed by atoms with Crippen molar-refractivity contribution in [2.75, 3.05) is 13.2 Å². The van der Waals surface area contributed by atoms with Crippen molar-refractivity contribution in [3.63, 3.8) is 0 Å². The van der Waals surface area contributed by atoms with E-state index in [0.717, 1.165) is 11.4 Å². The summed E-state index contributed by atoms with van der Waals surface area (Å²) in [5.74, 6) is 0.812. The molecule has 2 aromatic rings. The van der Waals surface area contributed by atoms with E-state index < -0.39 is 17.5 Å². The Hall–Kier alpha value is -3.35. The Labute approximate surface area is 170 Å². The molecular weight excluding hydrogens is 370 g/mol. The molecule has 0 radical (unpaired) electrons. The number of hydrazone groups is 1. The Balaban J connectivity index is 1.81. The third-order valence-corrected chi connectivity index (χ3v) is 4.57. The summed E-state index contributed by atoms with van der Waals surface area (Å²) in [6.07, 6.45) is 2.35. The Bertz CT molecular complexity index is 914. The first kappa shape index (κ1) is 20.4. The monoisotopic (exact) mass is 395 g/mol. The summed E-state index contributed by atoms with van der Waals surface area (Å²) in [7, 11) is 0. The summed E-state index contributed by atoms with van der Waals surface area (Å²) >= 11 is 0. The molecule has 1 heterocycles. The van der Waals surface area contributed by atoms with Crippen molar-refractivity contribution in [3.8, 4) is 11.5 Å². The molecule has 0 bridgehead atoms. The number of nitrogens with zero attached hydrogens (tertiary/aromatic N) is 2. The van der Waals surface area contributed by atoms with Crippen molar-refractivity contribution in [2.45, 2.75) is 32.7 Å². The first-order valence-electron chi connectivity index (χ1n) is 9.65. The van der Waals surface area contributed by atoms with Gasteiger partial charge in [-0.2, -0.15) is 5.10 Å². The van der Waals surface area contributed by atoms with E-state index in [-0.39, 0.29) is 0 Å². The van der Waals surface area contributed by atoms with Crippen LogP contribution in [0.25, 0.3) is 0 Å². The van der Waals surface area contributed by atoms with E-state index in [4.69, 9.17) is 9.47 Å². The second kappa shape index (κ2) is 8.77. The van der Waals surface area contributed by atoms with Gasteiger partial charge >= 0.3 is 6.03 Å². The van der Waals surface area contributed by atoms with E-state index in [1.54, 1.807) is 37.3 Å². The zero-order valence-electron chi connectivity index (χ0n) is 16.8. The van der Waals surface area contributed by atoms with Crippen LogP contribution >= 0.6 is 0 Å². The molecule has 1 N–H and O–H groups in total. The average Bonchev–Trinajstić information content (AvgIpc) is 2.95. The number of imide groups is 1. The highest BCUT2D eigenvalue weighted by Gasteiger charge is 2.49. The molecule has 29 heavy (non-hydrogen) atoms. The zero-order valence-corrected chi connectivity index (χ0v) is 16.8. The van der Waals surface area contributed by atoms with Crippen molar-refractivity contribution in [1.82, 2.24) is 10.3 Å². The van der Waals surface area contributed by atoms with Gasteiger partial charge in [0.25, 0.3) is 5.91 Å². The quantitative estimate of drug-likeness (QED) is 0.546. The van der Waals surface area contributed by atoms with Crippen LogP contribution in [0.2, 0.25) is 0 Å². The molecule has 0 spiro atoms. The Morgan fingerprint density at radius 2 is 1.83 bits per heavy atom. The van der Waals surface area contributed by atoms with Crippen LogP contribution in [0.3, 0.4) is 0 Å². The van der Waals surface area contributed by atoms with Crippen molar-refractivity contribution >= 4 is 18.2 Å². The SMILES string of the molecule is CCCOc1ccc(/C=N\N2C(=O)N[C@](C)(c3ccccc3)C2=O)cc1OCC. The highest BCUT2D eigenvalue weighted by atomic mass is 16.5. The van der Waals surface area contributed by atoms with Crippen molar-refractivity contribution in [3.05, 3.63) is 59.7 Å². The van der Waals surface area contributed by atoms with Crippen LogP contribution in [0.1, 0.15) is 38.3 Å². The van der Waals surface area contributed by atoms with Crippen LogP contribution in [0.15, 0.2) is 53.6 Å². The van der Waals surface area contributed by atoms with Crippen LogP contribution in [-0.2, 0) is 10.3 Å². The van der Waals surface area contributed by atoms with Crippen LogP contribution in [-0.4, -0.2) is 36.4 Å². The minimum atomic E-state index is -1.15. The van der Waals surface area contributed by atoms with Crippen molar-refractivity contribution in [1.29, 1.82) is 0 Å². The van der Waals surface area contributed by atoms with Gasteiger partial charge in [-0.1, -0.05) is 37.3 Å². The van der Waals surface area contributed by atoms with Crippen LogP contribution in [0.5, 0.6) is 11.5 Å². The number of carbonyl (C=O) groups excluding carboxylic acids is 2. The van der Waals surface area contributed by atoms with E-state index in [0.29, 0.717) is 35.8 Å². The molecule has 1 fully saturated rings. The smallest absolute Gasteiger partial charge is 0.346 e. The minimum absolute atomic E-state index is 0.433. The maximum Gasteiger partial charge on any atom is 0.346 e. The van der Waals surface area contributed by atoms with Gasteiger partial charge in [-0.15, -0.1) is 5.01 Å². The average molecular weight is 395 g/mol. The molecule has 0 unspecified atom stereocenters. The Morgan fingerprint density at radius 1 is 1.07 bits per heavy atom. The maximum absolute atomic E-state index is 12.9. The molecule has 1 saturated heterocycles. The lowest BCUT2D eigenvalue weighted by atomic mass is 9.92. The molecule has 7 heteroatoms. The number of rotatable bonds is 8. The summed E-state index contributed by atoms with van der Waals surface area (Å²) in [6, 6.07) is 13.9. The lowest BCUT2D eigenvalue weighted by Crippen LogP contribution is -2.40. The van der Waals surface area contributed by atoms with Gasteiger partial charge in [0.2, 0.25) is 0 Å². The Kier molecular flexibility index (Phi) is 6.16. The van der Waals surface area contributed by atoms with Crippen molar-refractivity contribution in [2.24, 2.45) is 5.10 Å². The number of hydrogen-bond acceptors (Lipinski definition) is 5. The summed E-state index contributed by atoms with van der Waals surface area (Å²) in [4.78, 5) is 25.3. The van der Waals surface area contributed by atoms with E-state index >= 15 is 0 Å². The topological polar surface area (TPSA) is 80.2 Å². The minimum Gasteiger partial charge on any atom is -0.490 e. The molecule has 1 atom stereocenters. The van der Waals surface area contributed by atoms with E-state index in [1.807, 2.05) is 32.0 Å². The highest BCUT2D eigenvalue weighted by molar-refractivity contribution is 6.07. The predicted molar refractivity (Wildman–Crippen MR) is 110 cm³/mol. The maximum atomic E-state index is 12.9. The molecule has 152 valence electrons. The number of nitrogens with one attached hydrogen (secondary N) is 1. The summed E-state index contributed by atoms with van der Waals surface area (Å²) in [5.41, 5.74) is 0.239. The number of amides is 3. The first-order valence-corrected chi connectivity index (χ1v) is 9.65. The lowest BCUT2D eigenvalue weighted by molar-refractivity contribution is -0.131. The number of urea groups is 1. The molecule has 7 nitrogen and oxygen atoms in total. The molecule has 0 aliphatic carbocycles. The summed E-state index contributed by atoms with van der Waals surface area (Å²) < 4.78 is 11.3. The third-order valence-electron chi connectivity index (χ3n) is 4.57. The van der Waals surface area contributed by atoms with Crippen molar-refractivity contribution < 1.29 is 19.1 Å². The number of benzene rings is 2. The molecule has 2 aromatic carbocycles. The van der Waals surface area contributed by atoms with Crippen LogP contribution in [0.4, 0.5) is 4.79 Å². The molecule has 1 aliphatic heterocycles. The number of hydrogen-bond donors (Lipinski definition) is 1. The van der Waals surface area contributed by atoms with Gasteiger partial charge in [-0.3, -0.25) is 4.79 Å². The van der Waals surface area contributed by atoms with Crippen LogP contribution in [0, 0.1) is 0 Å². The molecular formula is C22H25N3O4. The summed E-state index contributed by atoms with van der Waals surface area (Å²) in [6.45, 7) is 6.68. The van der Waals surface area contributed by atoms with Gasteiger partial charge in [-0.05, 0) is 49.6 Å². The van der Waals surface area contributed by atoms with Gasteiger partial charge in [0.05, 0.1) is 19.4 Å².